The Bertz CT molecular complexity index is 1120. The molecule has 3 aromatic rings. The van der Waals surface area contributed by atoms with Crippen molar-refractivity contribution in [3.63, 3.8) is 0 Å². The second-order valence-corrected chi connectivity index (χ2v) is 7.69. The third kappa shape index (κ3) is 3.85. The third-order valence-electron chi connectivity index (χ3n) is 4.45. The number of amides is 1. The number of rotatable bonds is 3. The molecule has 0 saturated carbocycles. The highest BCUT2D eigenvalue weighted by atomic mass is 32.1. The minimum atomic E-state index is -0.380. The van der Waals surface area contributed by atoms with Gasteiger partial charge in [-0.25, -0.2) is 0 Å². The molecule has 0 unspecified atom stereocenters. The van der Waals surface area contributed by atoms with E-state index >= 15 is 0 Å². The highest BCUT2D eigenvalue weighted by molar-refractivity contribution is 7.16. The van der Waals surface area contributed by atoms with Crippen LogP contribution in [0.4, 0.5) is 0 Å². The standard InChI is InChI=1S/C21H22N2O3S/c1-12-6-7-14(3)16(9-12)20(25)22-21-23(11-18(24)26-5)17-10-13(2)8-15(4)19(17)27-21/h6-10H,11H2,1-5H3. The Kier molecular flexibility index (Phi) is 5.28. The number of benzene rings is 2. The van der Waals surface area contributed by atoms with Gasteiger partial charge in [-0.2, -0.15) is 4.99 Å². The summed E-state index contributed by atoms with van der Waals surface area (Å²) < 4.78 is 7.60. The van der Waals surface area contributed by atoms with Gasteiger partial charge < -0.3 is 9.30 Å². The van der Waals surface area contributed by atoms with Gasteiger partial charge in [-0.3, -0.25) is 9.59 Å². The zero-order valence-corrected chi connectivity index (χ0v) is 16.9. The third-order valence-corrected chi connectivity index (χ3v) is 5.68. The molecular formula is C21H22N2O3S. The molecule has 140 valence electrons. The lowest BCUT2D eigenvalue weighted by Gasteiger charge is -2.06. The summed E-state index contributed by atoms with van der Waals surface area (Å²) in [6.45, 7) is 7.87. The van der Waals surface area contributed by atoms with Crippen molar-refractivity contribution in [2.24, 2.45) is 4.99 Å². The summed E-state index contributed by atoms with van der Waals surface area (Å²) in [6, 6.07) is 9.81. The monoisotopic (exact) mass is 382 g/mol. The number of ether oxygens (including phenoxy) is 1. The predicted molar refractivity (Wildman–Crippen MR) is 107 cm³/mol. The number of aromatic nitrogens is 1. The number of esters is 1. The molecule has 6 heteroatoms. The van der Waals surface area contributed by atoms with Crippen LogP contribution in [0.15, 0.2) is 35.3 Å². The van der Waals surface area contributed by atoms with Crippen molar-refractivity contribution < 1.29 is 14.3 Å². The fourth-order valence-corrected chi connectivity index (χ4v) is 4.14. The van der Waals surface area contributed by atoms with E-state index in [0.29, 0.717) is 10.4 Å². The zero-order valence-electron chi connectivity index (χ0n) is 16.1. The first-order valence-electron chi connectivity index (χ1n) is 8.64. The summed E-state index contributed by atoms with van der Waals surface area (Å²) in [7, 11) is 1.35. The number of carbonyl (C=O) groups is 2. The normalized spacial score (nSPS) is 11.8. The first-order chi connectivity index (χ1) is 12.8. The van der Waals surface area contributed by atoms with Gasteiger partial charge in [0.2, 0.25) is 0 Å². The fourth-order valence-electron chi connectivity index (χ4n) is 3.06. The van der Waals surface area contributed by atoms with E-state index < -0.39 is 0 Å². The number of hydrogen-bond acceptors (Lipinski definition) is 4. The van der Waals surface area contributed by atoms with Gasteiger partial charge in [-0.15, -0.1) is 0 Å². The molecule has 0 bridgehead atoms. The number of carbonyl (C=O) groups excluding carboxylic acids is 2. The summed E-state index contributed by atoms with van der Waals surface area (Å²) in [6.07, 6.45) is 0. The minimum Gasteiger partial charge on any atom is -0.468 e. The van der Waals surface area contributed by atoms with Crippen LogP contribution >= 0.6 is 11.3 Å². The molecule has 0 saturated heterocycles. The van der Waals surface area contributed by atoms with Crippen LogP contribution in [-0.2, 0) is 16.1 Å². The molecule has 0 aliphatic heterocycles. The Labute approximate surface area is 161 Å². The molecule has 0 fully saturated rings. The minimum absolute atomic E-state index is 0.0122. The van der Waals surface area contributed by atoms with Crippen molar-refractivity contribution >= 4 is 33.4 Å². The van der Waals surface area contributed by atoms with Gasteiger partial charge in [0.05, 0.1) is 17.3 Å². The summed E-state index contributed by atoms with van der Waals surface area (Å²) in [5.74, 6) is -0.690. The fraction of sp³-hybridized carbons (Fsp3) is 0.286. The molecule has 0 atom stereocenters. The SMILES string of the molecule is COC(=O)Cn1c(=NC(=O)c2cc(C)ccc2C)sc2c(C)cc(C)cc21. The Morgan fingerprint density at radius 3 is 2.48 bits per heavy atom. The van der Waals surface area contributed by atoms with Gasteiger partial charge in [0.15, 0.2) is 4.80 Å². The van der Waals surface area contributed by atoms with E-state index in [-0.39, 0.29) is 18.4 Å². The van der Waals surface area contributed by atoms with Gasteiger partial charge in [-0.1, -0.05) is 35.1 Å². The first-order valence-corrected chi connectivity index (χ1v) is 9.45. The smallest absolute Gasteiger partial charge is 0.325 e. The van der Waals surface area contributed by atoms with E-state index in [4.69, 9.17) is 4.74 Å². The Morgan fingerprint density at radius 1 is 1.04 bits per heavy atom. The lowest BCUT2D eigenvalue weighted by molar-refractivity contribution is -0.141. The molecule has 1 amide bonds. The van der Waals surface area contributed by atoms with E-state index in [9.17, 15) is 9.59 Å². The number of hydrogen-bond donors (Lipinski definition) is 0. The van der Waals surface area contributed by atoms with Gasteiger partial charge in [0, 0.05) is 5.56 Å². The van der Waals surface area contributed by atoms with Crippen molar-refractivity contribution in [2.75, 3.05) is 7.11 Å². The quantitative estimate of drug-likeness (QED) is 0.647. The van der Waals surface area contributed by atoms with Crippen LogP contribution in [0.25, 0.3) is 10.2 Å². The number of thiazole rings is 1. The number of fused-ring (bicyclic) bond motifs is 1. The maximum Gasteiger partial charge on any atom is 0.325 e. The molecule has 27 heavy (non-hydrogen) atoms. The molecule has 1 heterocycles. The average Bonchev–Trinajstić information content (AvgIpc) is 2.94. The van der Waals surface area contributed by atoms with Crippen molar-refractivity contribution in [3.05, 3.63) is 63.0 Å². The average molecular weight is 382 g/mol. The van der Waals surface area contributed by atoms with Crippen molar-refractivity contribution in [3.8, 4) is 0 Å². The van der Waals surface area contributed by atoms with Crippen LogP contribution in [-0.4, -0.2) is 23.6 Å². The highest BCUT2D eigenvalue weighted by Gasteiger charge is 2.15. The highest BCUT2D eigenvalue weighted by Crippen LogP contribution is 2.23. The Morgan fingerprint density at radius 2 is 1.78 bits per heavy atom. The molecule has 1 aromatic heterocycles. The maximum absolute atomic E-state index is 12.8. The van der Waals surface area contributed by atoms with Crippen LogP contribution in [0.5, 0.6) is 0 Å². The second kappa shape index (κ2) is 7.48. The predicted octanol–water partition coefficient (Wildman–Crippen LogP) is 3.85. The Hall–Kier alpha value is -2.73. The number of aryl methyl sites for hydroxylation is 4. The molecule has 3 rings (SSSR count). The van der Waals surface area contributed by atoms with Crippen LogP contribution in [0.3, 0.4) is 0 Å². The topological polar surface area (TPSA) is 60.7 Å². The van der Waals surface area contributed by atoms with E-state index in [1.165, 1.54) is 18.4 Å². The molecule has 0 aliphatic carbocycles. The van der Waals surface area contributed by atoms with E-state index in [1.807, 2.05) is 52.0 Å². The van der Waals surface area contributed by atoms with Gasteiger partial charge in [0.25, 0.3) is 5.91 Å². The largest absolute Gasteiger partial charge is 0.468 e. The van der Waals surface area contributed by atoms with Gasteiger partial charge >= 0.3 is 5.97 Å². The van der Waals surface area contributed by atoms with Crippen LogP contribution in [0.1, 0.15) is 32.6 Å². The molecule has 0 N–H and O–H groups in total. The van der Waals surface area contributed by atoms with Gasteiger partial charge in [0.1, 0.15) is 6.54 Å². The first kappa shape index (κ1) is 19.0. The Balaban J connectivity index is 2.23. The van der Waals surface area contributed by atoms with Crippen molar-refractivity contribution in [1.82, 2.24) is 4.57 Å². The molecule has 2 aromatic carbocycles. The van der Waals surface area contributed by atoms with Gasteiger partial charge in [-0.05, 0) is 56.5 Å². The molecule has 0 spiro atoms. The van der Waals surface area contributed by atoms with Crippen molar-refractivity contribution in [1.29, 1.82) is 0 Å². The van der Waals surface area contributed by atoms with E-state index in [1.54, 1.807) is 4.57 Å². The summed E-state index contributed by atoms with van der Waals surface area (Å²) in [4.78, 5) is 29.6. The summed E-state index contributed by atoms with van der Waals surface area (Å²) in [5.41, 5.74) is 5.52. The number of nitrogens with zero attached hydrogens (tertiary/aromatic N) is 2. The van der Waals surface area contributed by atoms with Crippen LogP contribution in [0, 0.1) is 27.7 Å². The lowest BCUT2D eigenvalue weighted by atomic mass is 10.1. The van der Waals surface area contributed by atoms with Crippen LogP contribution < -0.4 is 4.80 Å². The van der Waals surface area contributed by atoms with E-state index in [0.717, 1.165) is 32.5 Å². The summed E-state index contributed by atoms with van der Waals surface area (Å²) >= 11 is 1.41. The van der Waals surface area contributed by atoms with Crippen molar-refractivity contribution in [2.45, 2.75) is 34.2 Å². The molecule has 5 nitrogen and oxygen atoms in total. The maximum atomic E-state index is 12.8. The molecule has 0 aliphatic rings. The van der Waals surface area contributed by atoms with E-state index in [2.05, 4.69) is 11.1 Å². The molecular weight excluding hydrogens is 360 g/mol. The number of methoxy groups -OCH3 is 1. The molecule has 0 radical (unpaired) electrons. The summed E-state index contributed by atoms with van der Waals surface area (Å²) in [5, 5.41) is 0. The lowest BCUT2D eigenvalue weighted by Crippen LogP contribution is -2.22. The van der Waals surface area contributed by atoms with Crippen LogP contribution in [0.2, 0.25) is 0 Å². The second-order valence-electron chi connectivity index (χ2n) is 6.71. The zero-order chi connectivity index (χ0) is 19.7.